The fourth-order valence-electron chi connectivity index (χ4n) is 2.12. The van der Waals surface area contributed by atoms with Crippen LogP contribution < -0.4 is 0 Å². The summed E-state index contributed by atoms with van der Waals surface area (Å²) < 4.78 is 0. The van der Waals surface area contributed by atoms with E-state index in [1.807, 2.05) is 19.1 Å². The minimum atomic E-state index is -0.105. The molecule has 3 nitrogen and oxygen atoms in total. The summed E-state index contributed by atoms with van der Waals surface area (Å²) in [6.07, 6.45) is 6.62. The van der Waals surface area contributed by atoms with E-state index in [0.717, 1.165) is 16.1 Å². The number of aryl methyl sites for hydroxylation is 1. The summed E-state index contributed by atoms with van der Waals surface area (Å²) >= 11 is 13.3. The summed E-state index contributed by atoms with van der Waals surface area (Å²) in [5.74, 6) is -0.105. The summed E-state index contributed by atoms with van der Waals surface area (Å²) in [6.45, 7) is 1.83. The van der Waals surface area contributed by atoms with Gasteiger partial charge in [-0.3, -0.25) is 9.78 Å². The molecule has 0 spiro atoms. The highest BCUT2D eigenvalue weighted by atomic mass is 35.5. The number of hydrogen-bond donors (Lipinski definition) is 0. The number of benzene rings is 1. The van der Waals surface area contributed by atoms with Gasteiger partial charge in [-0.05, 0) is 48.9 Å². The number of ketones is 1. The van der Waals surface area contributed by atoms with Gasteiger partial charge in [-0.15, -0.1) is 11.3 Å². The van der Waals surface area contributed by atoms with Crippen molar-refractivity contribution >= 4 is 46.4 Å². The molecule has 2 heterocycles. The van der Waals surface area contributed by atoms with Crippen molar-refractivity contribution in [1.82, 2.24) is 9.97 Å². The van der Waals surface area contributed by atoms with Crippen molar-refractivity contribution in [1.29, 1.82) is 0 Å². The highest BCUT2D eigenvalue weighted by Crippen LogP contribution is 2.28. The highest BCUT2D eigenvalue weighted by Gasteiger charge is 2.14. The summed E-state index contributed by atoms with van der Waals surface area (Å²) in [5, 5.41) is 1.84. The van der Waals surface area contributed by atoms with Crippen LogP contribution in [0.25, 0.3) is 16.6 Å². The van der Waals surface area contributed by atoms with Gasteiger partial charge in [-0.25, -0.2) is 4.98 Å². The Morgan fingerprint density at radius 3 is 2.79 bits per heavy atom. The number of pyridine rings is 1. The summed E-state index contributed by atoms with van der Waals surface area (Å²) in [6, 6.07) is 8.91. The van der Waals surface area contributed by atoms with Crippen molar-refractivity contribution in [3.05, 3.63) is 75.0 Å². The molecule has 0 atom stereocenters. The van der Waals surface area contributed by atoms with E-state index in [0.29, 0.717) is 20.6 Å². The van der Waals surface area contributed by atoms with Crippen molar-refractivity contribution in [3.8, 4) is 10.6 Å². The number of carbonyl (C=O) groups excluding carboxylic acids is 1. The number of halogens is 2. The van der Waals surface area contributed by atoms with Gasteiger partial charge in [0.25, 0.3) is 0 Å². The number of aromatic nitrogens is 2. The van der Waals surface area contributed by atoms with Crippen LogP contribution in [-0.2, 0) is 0 Å². The predicted molar refractivity (Wildman–Crippen MR) is 99.9 cm³/mol. The Bertz CT molecular complexity index is 920. The lowest BCUT2D eigenvalue weighted by molar-refractivity contribution is 0.105. The first-order valence-corrected chi connectivity index (χ1v) is 8.67. The molecule has 120 valence electrons. The van der Waals surface area contributed by atoms with Crippen LogP contribution in [0.5, 0.6) is 0 Å². The second-order valence-corrected chi connectivity index (χ2v) is 6.88. The van der Waals surface area contributed by atoms with Gasteiger partial charge in [0.2, 0.25) is 0 Å². The fourth-order valence-corrected chi connectivity index (χ4v) is 3.56. The van der Waals surface area contributed by atoms with E-state index in [4.69, 9.17) is 23.2 Å². The van der Waals surface area contributed by atoms with E-state index in [9.17, 15) is 4.79 Å². The molecule has 0 unspecified atom stereocenters. The van der Waals surface area contributed by atoms with Gasteiger partial charge in [0.05, 0.1) is 10.6 Å². The van der Waals surface area contributed by atoms with Gasteiger partial charge in [-0.1, -0.05) is 29.3 Å². The summed E-state index contributed by atoms with van der Waals surface area (Å²) in [7, 11) is 0. The van der Waals surface area contributed by atoms with E-state index in [1.54, 1.807) is 36.7 Å². The monoisotopic (exact) mass is 374 g/mol. The zero-order chi connectivity index (χ0) is 17.1. The molecule has 0 aliphatic carbocycles. The average Bonchev–Trinajstić information content (AvgIpc) is 2.96. The van der Waals surface area contributed by atoms with Crippen LogP contribution >= 0.6 is 34.5 Å². The van der Waals surface area contributed by atoms with Crippen LogP contribution in [0.4, 0.5) is 0 Å². The Balaban J connectivity index is 1.85. The molecule has 0 saturated carbocycles. The molecule has 0 radical (unpaired) electrons. The Morgan fingerprint density at radius 1 is 1.25 bits per heavy atom. The molecule has 0 amide bonds. The van der Waals surface area contributed by atoms with Gasteiger partial charge < -0.3 is 0 Å². The summed E-state index contributed by atoms with van der Waals surface area (Å²) in [5.41, 5.74) is 2.34. The van der Waals surface area contributed by atoms with E-state index in [2.05, 4.69) is 9.97 Å². The Morgan fingerprint density at radius 2 is 2.08 bits per heavy atom. The zero-order valence-corrected chi connectivity index (χ0v) is 15.0. The van der Waals surface area contributed by atoms with E-state index >= 15 is 0 Å². The first kappa shape index (κ1) is 16.8. The maximum Gasteiger partial charge on any atom is 0.197 e. The quantitative estimate of drug-likeness (QED) is 0.433. The second-order valence-electron chi connectivity index (χ2n) is 5.04. The van der Waals surface area contributed by atoms with Crippen LogP contribution in [0.3, 0.4) is 0 Å². The first-order valence-electron chi connectivity index (χ1n) is 7.10. The van der Waals surface area contributed by atoms with Crippen LogP contribution in [0.1, 0.15) is 20.9 Å². The first-order chi connectivity index (χ1) is 11.5. The van der Waals surface area contributed by atoms with E-state index < -0.39 is 0 Å². The highest BCUT2D eigenvalue weighted by molar-refractivity contribution is 7.17. The normalized spacial score (nSPS) is 11.1. The van der Waals surface area contributed by atoms with E-state index in [1.165, 1.54) is 17.4 Å². The second kappa shape index (κ2) is 7.26. The molecular weight excluding hydrogens is 363 g/mol. The number of nitrogens with zero attached hydrogens (tertiary/aromatic N) is 2. The fraction of sp³-hybridized carbons (Fsp3) is 0.0556. The van der Waals surface area contributed by atoms with Gasteiger partial charge in [0.15, 0.2) is 5.78 Å². The van der Waals surface area contributed by atoms with Crippen molar-refractivity contribution in [2.75, 3.05) is 0 Å². The third-order valence-corrected chi connectivity index (χ3v) is 5.09. The maximum atomic E-state index is 12.5. The molecule has 24 heavy (non-hydrogen) atoms. The van der Waals surface area contributed by atoms with Crippen molar-refractivity contribution < 1.29 is 4.79 Å². The largest absolute Gasteiger partial charge is 0.288 e. The minimum absolute atomic E-state index is 0.105. The third kappa shape index (κ3) is 3.73. The Labute approximate surface area is 153 Å². The number of allylic oxidation sites excluding steroid dienone is 1. The van der Waals surface area contributed by atoms with Crippen molar-refractivity contribution in [2.24, 2.45) is 0 Å². The standard InChI is InChI=1S/C18H12Cl2N2OS/c1-11-17(24-18(22-11)13-3-2-8-21-10-13)16(23)7-5-12-4-6-14(19)9-15(12)20/h2-10H,1H3/b7-5-. The molecule has 0 saturated heterocycles. The summed E-state index contributed by atoms with van der Waals surface area (Å²) in [4.78, 5) is 21.6. The topological polar surface area (TPSA) is 42.9 Å². The SMILES string of the molecule is Cc1nc(-c2cccnc2)sc1C(=O)/C=C\c1ccc(Cl)cc1Cl. The van der Waals surface area contributed by atoms with Crippen molar-refractivity contribution in [2.45, 2.75) is 6.92 Å². The predicted octanol–water partition coefficient (Wildman–Crippen LogP) is 5.72. The third-order valence-electron chi connectivity index (χ3n) is 3.31. The van der Waals surface area contributed by atoms with Crippen LogP contribution in [0.15, 0.2) is 48.8 Å². The molecule has 2 aromatic heterocycles. The van der Waals surface area contributed by atoms with Crippen LogP contribution in [-0.4, -0.2) is 15.8 Å². The smallest absolute Gasteiger partial charge is 0.197 e. The molecule has 3 aromatic rings. The zero-order valence-electron chi connectivity index (χ0n) is 12.7. The van der Waals surface area contributed by atoms with Crippen LogP contribution in [0, 0.1) is 6.92 Å². The van der Waals surface area contributed by atoms with Crippen molar-refractivity contribution in [3.63, 3.8) is 0 Å². The number of rotatable bonds is 4. The number of hydrogen-bond acceptors (Lipinski definition) is 4. The number of thiazole rings is 1. The van der Waals surface area contributed by atoms with Gasteiger partial charge in [0.1, 0.15) is 5.01 Å². The molecule has 1 aromatic carbocycles. The van der Waals surface area contributed by atoms with Gasteiger partial charge >= 0.3 is 0 Å². The molecule has 0 fully saturated rings. The number of carbonyl (C=O) groups is 1. The lowest BCUT2D eigenvalue weighted by Crippen LogP contribution is -1.93. The Hall–Kier alpha value is -2.01. The van der Waals surface area contributed by atoms with Crippen LogP contribution in [0.2, 0.25) is 10.0 Å². The Kier molecular flexibility index (Phi) is 5.09. The molecule has 6 heteroatoms. The molecule has 0 bridgehead atoms. The molecule has 3 rings (SSSR count). The molecule has 0 N–H and O–H groups in total. The lowest BCUT2D eigenvalue weighted by atomic mass is 10.2. The lowest BCUT2D eigenvalue weighted by Gasteiger charge is -1.98. The van der Waals surface area contributed by atoms with Gasteiger partial charge in [0, 0.05) is 28.0 Å². The van der Waals surface area contributed by atoms with E-state index in [-0.39, 0.29) is 5.78 Å². The molecule has 0 aliphatic heterocycles. The average molecular weight is 375 g/mol. The molecule has 0 aliphatic rings. The van der Waals surface area contributed by atoms with Gasteiger partial charge in [-0.2, -0.15) is 0 Å². The molecular formula is C18H12Cl2N2OS. The minimum Gasteiger partial charge on any atom is -0.288 e. The maximum absolute atomic E-state index is 12.5.